The summed E-state index contributed by atoms with van der Waals surface area (Å²) in [6.45, 7) is 6.78. The second-order valence-corrected chi connectivity index (χ2v) is 6.54. The SMILES string of the molecule is CC1CC(C(=O)N2CCCN(C)CC2C)(C(N)=NO)C1. The first kappa shape index (κ1) is 15.1. The second kappa shape index (κ2) is 5.60. The van der Waals surface area contributed by atoms with Gasteiger partial charge in [-0.15, -0.1) is 0 Å². The summed E-state index contributed by atoms with van der Waals surface area (Å²) in [6, 6.07) is 0.161. The van der Waals surface area contributed by atoms with Crippen LogP contribution in [0.25, 0.3) is 0 Å². The Balaban J connectivity index is 2.20. The number of carbonyl (C=O) groups is 1. The molecule has 2 rings (SSSR count). The molecule has 0 aromatic rings. The molecule has 0 bridgehead atoms. The number of rotatable bonds is 2. The molecule has 3 N–H and O–H groups in total. The molecule has 114 valence electrons. The molecule has 0 aromatic carbocycles. The number of amides is 1. The van der Waals surface area contributed by atoms with Crippen molar-refractivity contribution < 1.29 is 10.0 Å². The molecular formula is C14H26N4O2. The third-order valence-corrected chi connectivity index (χ3v) is 4.71. The van der Waals surface area contributed by atoms with Crippen molar-refractivity contribution in [1.29, 1.82) is 0 Å². The molecule has 6 nitrogen and oxygen atoms in total. The van der Waals surface area contributed by atoms with Gasteiger partial charge in [-0.25, -0.2) is 0 Å². The summed E-state index contributed by atoms with van der Waals surface area (Å²) in [4.78, 5) is 17.1. The highest BCUT2D eigenvalue weighted by Crippen LogP contribution is 2.47. The molecule has 0 aromatic heterocycles. The number of oxime groups is 1. The number of carbonyl (C=O) groups excluding carboxylic acids is 1. The van der Waals surface area contributed by atoms with Crippen LogP contribution in [0, 0.1) is 11.3 Å². The Labute approximate surface area is 120 Å². The van der Waals surface area contributed by atoms with Crippen LogP contribution in [0.1, 0.15) is 33.1 Å². The Morgan fingerprint density at radius 3 is 2.55 bits per heavy atom. The largest absolute Gasteiger partial charge is 0.409 e. The van der Waals surface area contributed by atoms with Crippen LogP contribution >= 0.6 is 0 Å². The average Bonchev–Trinajstić information content (AvgIpc) is 2.53. The molecule has 1 unspecified atom stereocenters. The van der Waals surface area contributed by atoms with E-state index < -0.39 is 5.41 Å². The molecule has 0 spiro atoms. The van der Waals surface area contributed by atoms with Crippen LogP contribution in [0.15, 0.2) is 5.16 Å². The summed E-state index contributed by atoms with van der Waals surface area (Å²) in [6.07, 6.45) is 2.33. The summed E-state index contributed by atoms with van der Waals surface area (Å²) in [5.74, 6) is 0.559. The fourth-order valence-corrected chi connectivity index (χ4v) is 3.67. The van der Waals surface area contributed by atoms with Gasteiger partial charge in [0, 0.05) is 19.1 Å². The van der Waals surface area contributed by atoms with E-state index in [4.69, 9.17) is 10.9 Å². The first-order valence-corrected chi connectivity index (χ1v) is 7.38. The Morgan fingerprint density at radius 2 is 2.00 bits per heavy atom. The molecule has 1 aliphatic heterocycles. The molecule has 0 radical (unpaired) electrons. The van der Waals surface area contributed by atoms with Gasteiger partial charge >= 0.3 is 0 Å². The third kappa shape index (κ3) is 2.49. The number of nitrogens with two attached hydrogens (primary N) is 1. The average molecular weight is 282 g/mol. The minimum Gasteiger partial charge on any atom is -0.409 e. The predicted molar refractivity (Wildman–Crippen MR) is 77.5 cm³/mol. The van der Waals surface area contributed by atoms with Gasteiger partial charge in [-0.2, -0.15) is 0 Å². The zero-order valence-corrected chi connectivity index (χ0v) is 12.7. The summed E-state index contributed by atoms with van der Waals surface area (Å²) < 4.78 is 0. The van der Waals surface area contributed by atoms with E-state index in [1.807, 2.05) is 4.90 Å². The monoisotopic (exact) mass is 282 g/mol. The topological polar surface area (TPSA) is 82.2 Å². The van der Waals surface area contributed by atoms with Crippen molar-refractivity contribution in [3.05, 3.63) is 0 Å². The van der Waals surface area contributed by atoms with E-state index in [0.717, 1.165) is 26.1 Å². The maximum absolute atomic E-state index is 13.0. The van der Waals surface area contributed by atoms with Crippen LogP contribution in [-0.4, -0.2) is 59.5 Å². The van der Waals surface area contributed by atoms with Crippen LogP contribution in [0.2, 0.25) is 0 Å². The van der Waals surface area contributed by atoms with Crippen LogP contribution in [0.3, 0.4) is 0 Å². The van der Waals surface area contributed by atoms with Crippen molar-refractivity contribution in [1.82, 2.24) is 9.80 Å². The van der Waals surface area contributed by atoms with Gasteiger partial charge in [0.2, 0.25) is 5.91 Å². The molecule has 1 heterocycles. The van der Waals surface area contributed by atoms with Crippen LogP contribution in [-0.2, 0) is 4.79 Å². The third-order valence-electron chi connectivity index (χ3n) is 4.71. The van der Waals surface area contributed by atoms with Crippen molar-refractivity contribution >= 4 is 11.7 Å². The summed E-state index contributed by atoms with van der Waals surface area (Å²) in [7, 11) is 2.08. The number of hydrogen-bond acceptors (Lipinski definition) is 4. The van der Waals surface area contributed by atoms with E-state index in [0.29, 0.717) is 18.8 Å². The molecule has 2 aliphatic rings. The number of hydrogen-bond donors (Lipinski definition) is 2. The van der Waals surface area contributed by atoms with Gasteiger partial charge in [-0.05, 0) is 45.7 Å². The number of amidine groups is 1. The van der Waals surface area contributed by atoms with E-state index in [9.17, 15) is 4.79 Å². The first-order chi connectivity index (χ1) is 9.40. The highest BCUT2D eigenvalue weighted by molar-refractivity contribution is 6.07. The molecule has 6 heteroatoms. The predicted octanol–water partition coefficient (Wildman–Crippen LogP) is 0.702. The fourth-order valence-electron chi connectivity index (χ4n) is 3.67. The molecule has 1 saturated carbocycles. The Morgan fingerprint density at radius 1 is 1.35 bits per heavy atom. The van der Waals surface area contributed by atoms with Crippen molar-refractivity contribution in [3.8, 4) is 0 Å². The van der Waals surface area contributed by atoms with Gasteiger partial charge in [0.25, 0.3) is 0 Å². The van der Waals surface area contributed by atoms with Crippen molar-refractivity contribution in [2.75, 3.05) is 26.7 Å². The highest BCUT2D eigenvalue weighted by atomic mass is 16.4. The molecule has 1 atom stereocenters. The summed E-state index contributed by atoms with van der Waals surface area (Å²) >= 11 is 0. The minimum absolute atomic E-state index is 0.0358. The van der Waals surface area contributed by atoms with Crippen LogP contribution < -0.4 is 5.73 Å². The van der Waals surface area contributed by atoms with Crippen molar-refractivity contribution in [2.24, 2.45) is 22.2 Å². The van der Waals surface area contributed by atoms with Gasteiger partial charge < -0.3 is 20.7 Å². The van der Waals surface area contributed by atoms with Gasteiger partial charge in [-0.3, -0.25) is 4.79 Å². The van der Waals surface area contributed by atoms with E-state index in [-0.39, 0.29) is 17.8 Å². The molecule has 1 amide bonds. The Kier molecular flexibility index (Phi) is 4.22. The van der Waals surface area contributed by atoms with Crippen LogP contribution in [0.5, 0.6) is 0 Å². The lowest BCUT2D eigenvalue weighted by Crippen LogP contribution is -2.59. The Bertz CT molecular complexity index is 404. The lowest BCUT2D eigenvalue weighted by Gasteiger charge is -2.47. The number of nitrogens with zero attached hydrogens (tertiary/aromatic N) is 3. The standard InChI is InChI=1S/C14H26N4O2/c1-10-7-14(8-10,12(15)16-20)13(19)18-6-4-5-17(3)9-11(18)2/h10-11,20H,4-9H2,1-3H3,(H2,15,16). The van der Waals surface area contributed by atoms with Crippen molar-refractivity contribution in [3.63, 3.8) is 0 Å². The molecule has 1 aliphatic carbocycles. The lowest BCUT2D eigenvalue weighted by molar-refractivity contribution is -0.146. The van der Waals surface area contributed by atoms with Gasteiger partial charge in [-0.1, -0.05) is 12.1 Å². The minimum atomic E-state index is -0.772. The van der Waals surface area contributed by atoms with E-state index >= 15 is 0 Å². The van der Waals surface area contributed by atoms with Gasteiger partial charge in [0.1, 0.15) is 5.41 Å². The normalized spacial score (nSPS) is 36.4. The zero-order chi connectivity index (χ0) is 14.9. The first-order valence-electron chi connectivity index (χ1n) is 7.38. The smallest absolute Gasteiger partial charge is 0.236 e. The number of likely N-dealkylation sites (N-methyl/N-ethyl adjacent to an activating group) is 1. The van der Waals surface area contributed by atoms with E-state index in [2.05, 4.69) is 31.0 Å². The quantitative estimate of drug-likeness (QED) is 0.338. The van der Waals surface area contributed by atoms with Gasteiger partial charge in [0.15, 0.2) is 5.84 Å². The molecule has 20 heavy (non-hydrogen) atoms. The van der Waals surface area contributed by atoms with Crippen molar-refractivity contribution in [2.45, 2.75) is 39.2 Å². The molecule has 1 saturated heterocycles. The highest BCUT2D eigenvalue weighted by Gasteiger charge is 2.54. The molecule has 2 fully saturated rings. The summed E-state index contributed by atoms with van der Waals surface area (Å²) in [5, 5.41) is 12.1. The molecular weight excluding hydrogens is 256 g/mol. The summed E-state index contributed by atoms with van der Waals surface area (Å²) in [5.41, 5.74) is 5.06. The maximum atomic E-state index is 13.0. The Hall–Kier alpha value is -1.30. The lowest BCUT2D eigenvalue weighted by atomic mass is 9.61. The van der Waals surface area contributed by atoms with Gasteiger partial charge in [0.05, 0.1) is 0 Å². The van der Waals surface area contributed by atoms with E-state index in [1.54, 1.807) is 0 Å². The second-order valence-electron chi connectivity index (χ2n) is 6.54. The zero-order valence-electron chi connectivity index (χ0n) is 12.7. The van der Waals surface area contributed by atoms with Crippen LogP contribution in [0.4, 0.5) is 0 Å². The van der Waals surface area contributed by atoms with E-state index in [1.165, 1.54) is 0 Å². The maximum Gasteiger partial charge on any atom is 0.236 e. The fraction of sp³-hybridized carbons (Fsp3) is 0.857.